The van der Waals surface area contributed by atoms with Crippen molar-refractivity contribution < 1.29 is 14.3 Å². The highest BCUT2D eigenvalue weighted by Crippen LogP contribution is 2.48. The molecule has 1 aromatic carbocycles. The topological polar surface area (TPSA) is 61.4 Å². The summed E-state index contributed by atoms with van der Waals surface area (Å²) in [4.78, 5) is 12.1. The van der Waals surface area contributed by atoms with Gasteiger partial charge in [-0.25, -0.2) is 9.18 Å². The van der Waals surface area contributed by atoms with Gasteiger partial charge in [-0.2, -0.15) is 0 Å². The van der Waals surface area contributed by atoms with Crippen LogP contribution in [0.1, 0.15) is 24.8 Å². The molecule has 21 heavy (non-hydrogen) atoms. The quantitative estimate of drug-likeness (QED) is 0.802. The highest BCUT2D eigenvalue weighted by atomic mass is 19.1. The molecule has 2 saturated carbocycles. The first kappa shape index (κ1) is 14.3. The smallest absolute Gasteiger partial charge is 0.319 e. The van der Waals surface area contributed by atoms with Gasteiger partial charge < -0.3 is 15.7 Å². The molecular formula is C16H21FN2O2. The second-order valence-corrected chi connectivity index (χ2v) is 6.26. The number of carbonyl (C=O) groups is 1. The number of rotatable bonds is 3. The molecule has 0 aromatic heterocycles. The molecule has 3 rings (SSSR count). The molecule has 3 N–H and O–H groups in total. The Kier molecular flexibility index (Phi) is 3.85. The molecule has 4 unspecified atom stereocenters. The maximum atomic E-state index is 13.1. The van der Waals surface area contributed by atoms with Gasteiger partial charge in [-0.05, 0) is 61.8 Å². The van der Waals surface area contributed by atoms with E-state index in [4.69, 9.17) is 0 Å². The van der Waals surface area contributed by atoms with Crippen LogP contribution in [-0.4, -0.2) is 23.8 Å². The Morgan fingerprint density at radius 1 is 1.38 bits per heavy atom. The Hall–Kier alpha value is -1.62. The van der Waals surface area contributed by atoms with Crippen molar-refractivity contribution in [1.29, 1.82) is 0 Å². The number of aryl methyl sites for hydroxylation is 1. The fourth-order valence-corrected chi connectivity index (χ4v) is 3.98. The first-order valence-corrected chi connectivity index (χ1v) is 7.53. The van der Waals surface area contributed by atoms with Crippen LogP contribution in [0.4, 0.5) is 14.9 Å². The van der Waals surface area contributed by atoms with Crippen molar-refractivity contribution in [2.75, 3.05) is 11.9 Å². The van der Waals surface area contributed by atoms with Gasteiger partial charge >= 0.3 is 6.03 Å². The molecule has 2 bridgehead atoms. The number of aliphatic hydroxyl groups is 1. The van der Waals surface area contributed by atoms with Gasteiger partial charge in [-0.15, -0.1) is 0 Å². The van der Waals surface area contributed by atoms with Gasteiger partial charge in [-0.3, -0.25) is 0 Å². The van der Waals surface area contributed by atoms with Crippen molar-refractivity contribution in [3.8, 4) is 0 Å². The molecule has 0 heterocycles. The summed E-state index contributed by atoms with van der Waals surface area (Å²) in [6.45, 7) is 1.88. The lowest BCUT2D eigenvalue weighted by Gasteiger charge is -2.30. The molecular weight excluding hydrogens is 271 g/mol. The standard InChI is InChI=1S/C16H21FN2O2/c1-9-6-12(17)4-5-14(9)18-16(21)19-15-11-3-2-10(7-11)13(15)8-20/h4-6,10-11,13,15,20H,2-3,7-8H2,1H3,(H2,18,19,21). The van der Waals surface area contributed by atoms with E-state index in [1.807, 2.05) is 0 Å². The number of hydrogen-bond acceptors (Lipinski definition) is 2. The molecule has 0 aliphatic heterocycles. The summed E-state index contributed by atoms with van der Waals surface area (Å²) in [6, 6.07) is 4.06. The second kappa shape index (κ2) is 5.64. The number of benzene rings is 1. The molecule has 5 heteroatoms. The lowest BCUT2D eigenvalue weighted by atomic mass is 9.85. The fourth-order valence-electron chi connectivity index (χ4n) is 3.98. The van der Waals surface area contributed by atoms with Crippen LogP contribution in [0.2, 0.25) is 0 Å². The number of aliphatic hydroxyl groups excluding tert-OH is 1. The zero-order valence-electron chi connectivity index (χ0n) is 12.1. The third kappa shape index (κ3) is 2.75. The van der Waals surface area contributed by atoms with Crippen LogP contribution in [0.15, 0.2) is 18.2 Å². The lowest BCUT2D eigenvalue weighted by Crippen LogP contribution is -2.46. The average Bonchev–Trinajstić information content (AvgIpc) is 3.03. The summed E-state index contributed by atoms with van der Waals surface area (Å²) in [5, 5.41) is 15.3. The summed E-state index contributed by atoms with van der Waals surface area (Å²) < 4.78 is 13.1. The minimum absolute atomic E-state index is 0.0505. The summed E-state index contributed by atoms with van der Waals surface area (Å²) >= 11 is 0. The van der Waals surface area contributed by atoms with E-state index in [2.05, 4.69) is 10.6 Å². The van der Waals surface area contributed by atoms with E-state index in [1.54, 1.807) is 13.0 Å². The Morgan fingerprint density at radius 2 is 2.14 bits per heavy atom. The van der Waals surface area contributed by atoms with Gasteiger partial charge in [0.25, 0.3) is 0 Å². The molecule has 2 aliphatic rings. The van der Waals surface area contributed by atoms with Gasteiger partial charge in [0.1, 0.15) is 5.82 Å². The largest absolute Gasteiger partial charge is 0.396 e. The molecule has 4 nitrogen and oxygen atoms in total. The van der Waals surface area contributed by atoms with E-state index in [1.165, 1.54) is 12.1 Å². The number of amides is 2. The number of urea groups is 1. The summed E-state index contributed by atoms with van der Waals surface area (Å²) in [6.07, 6.45) is 3.39. The molecule has 0 saturated heterocycles. The predicted octanol–water partition coefficient (Wildman–Crippen LogP) is 2.66. The zero-order valence-corrected chi connectivity index (χ0v) is 12.1. The van der Waals surface area contributed by atoms with E-state index in [9.17, 15) is 14.3 Å². The normalized spacial score (nSPS) is 30.4. The molecule has 1 aromatic rings. The summed E-state index contributed by atoms with van der Waals surface area (Å²) in [5.74, 6) is 0.876. The van der Waals surface area contributed by atoms with Crippen molar-refractivity contribution in [3.05, 3.63) is 29.6 Å². The van der Waals surface area contributed by atoms with Crippen LogP contribution >= 0.6 is 0 Å². The average molecular weight is 292 g/mol. The highest BCUT2D eigenvalue weighted by molar-refractivity contribution is 5.90. The Labute approximate surface area is 123 Å². The maximum absolute atomic E-state index is 13.1. The monoisotopic (exact) mass is 292 g/mol. The van der Waals surface area contributed by atoms with Crippen LogP contribution in [0.5, 0.6) is 0 Å². The van der Waals surface area contributed by atoms with E-state index >= 15 is 0 Å². The number of carbonyl (C=O) groups excluding carboxylic acids is 1. The number of fused-ring (bicyclic) bond motifs is 2. The molecule has 0 radical (unpaired) electrons. The first-order valence-electron chi connectivity index (χ1n) is 7.53. The number of hydrogen-bond donors (Lipinski definition) is 3. The molecule has 2 amide bonds. The van der Waals surface area contributed by atoms with Gasteiger partial charge in [0.15, 0.2) is 0 Å². The van der Waals surface area contributed by atoms with Gasteiger partial charge in [0.05, 0.1) is 0 Å². The van der Waals surface area contributed by atoms with E-state index in [-0.39, 0.29) is 30.4 Å². The SMILES string of the molecule is Cc1cc(F)ccc1NC(=O)NC1C2CCC(C2)C1CO. The molecule has 114 valence electrons. The van der Waals surface area contributed by atoms with Gasteiger partial charge in [0, 0.05) is 24.3 Å². The highest BCUT2D eigenvalue weighted by Gasteiger charge is 2.47. The minimum atomic E-state index is -0.313. The third-order valence-electron chi connectivity index (χ3n) is 5.03. The minimum Gasteiger partial charge on any atom is -0.396 e. The molecule has 4 atom stereocenters. The van der Waals surface area contributed by atoms with Crippen molar-refractivity contribution in [2.24, 2.45) is 17.8 Å². The molecule has 2 aliphatic carbocycles. The number of halogens is 1. The molecule has 0 spiro atoms. The van der Waals surface area contributed by atoms with Crippen LogP contribution in [-0.2, 0) is 0 Å². The first-order chi connectivity index (χ1) is 10.1. The van der Waals surface area contributed by atoms with Crippen LogP contribution in [0.25, 0.3) is 0 Å². The van der Waals surface area contributed by atoms with Crippen molar-refractivity contribution in [2.45, 2.75) is 32.2 Å². The Bertz CT molecular complexity index is 549. The lowest BCUT2D eigenvalue weighted by molar-refractivity contribution is 0.146. The maximum Gasteiger partial charge on any atom is 0.319 e. The van der Waals surface area contributed by atoms with E-state index < -0.39 is 0 Å². The number of anilines is 1. The summed E-state index contributed by atoms with van der Waals surface area (Å²) in [5.41, 5.74) is 1.30. The van der Waals surface area contributed by atoms with Crippen molar-refractivity contribution in [1.82, 2.24) is 5.32 Å². The Morgan fingerprint density at radius 3 is 2.86 bits per heavy atom. The van der Waals surface area contributed by atoms with Gasteiger partial charge in [-0.1, -0.05) is 0 Å². The van der Waals surface area contributed by atoms with Crippen molar-refractivity contribution >= 4 is 11.7 Å². The van der Waals surface area contributed by atoms with Crippen LogP contribution in [0.3, 0.4) is 0 Å². The van der Waals surface area contributed by atoms with Crippen LogP contribution < -0.4 is 10.6 Å². The molecule has 2 fully saturated rings. The second-order valence-electron chi connectivity index (χ2n) is 6.26. The zero-order chi connectivity index (χ0) is 15.0. The summed E-state index contributed by atoms with van der Waals surface area (Å²) in [7, 11) is 0. The number of nitrogens with one attached hydrogen (secondary N) is 2. The van der Waals surface area contributed by atoms with Crippen LogP contribution in [0, 0.1) is 30.5 Å². The van der Waals surface area contributed by atoms with Gasteiger partial charge in [0.2, 0.25) is 0 Å². The predicted molar refractivity (Wildman–Crippen MR) is 78.5 cm³/mol. The van der Waals surface area contributed by atoms with E-state index in [0.29, 0.717) is 23.1 Å². The van der Waals surface area contributed by atoms with Crippen molar-refractivity contribution in [3.63, 3.8) is 0 Å². The fraction of sp³-hybridized carbons (Fsp3) is 0.562. The third-order valence-corrected chi connectivity index (χ3v) is 5.03. The van der Waals surface area contributed by atoms with E-state index in [0.717, 1.165) is 19.3 Å². The Balaban J connectivity index is 1.64.